The van der Waals surface area contributed by atoms with E-state index in [1.165, 1.54) is 59.7 Å². The van der Waals surface area contributed by atoms with Crippen LogP contribution in [0.4, 0.5) is 22.7 Å². The number of rotatable bonds is 10. The predicted molar refractivity (Wildman–Crippen MR) is 395 cm³/mol. The number of anilines is 1. The SMILES string of the molecule is C.C.CI.CI.Cc1cc(Cc2ccc(N)cc2)cc(C)c1O.Cc1cc(Cc2ccc([N+](=O)[O-])cc2)cc(C)c1O.Cc1cc(Cc2ccc([N+](=O)[O-])cc2)cc(C)c1O.Cc1cccc(C)c1O.O.O=[N+]([O-])c1ccc(CO)cc1.[H+].[I][V]([I])[I]. The monoisotopic (exact) mass is 1780 g/mol. The van der Waals surface area contributed by atoms with Gasteiger partial charge in [-0.05, 0) is 192 Å². The van der Waals surface area contributed by atoms with Crippen molar-refractivity contribution in [1.82, 2.24) is 0 Å². The number of hydrogen-bond donors (Lipinski definition) is 6. The third kappa shape index (κ3) is 31.8. The predicted octanol–water partition coefficient (Wildman–Crippen LogP) is 18.6. The van der Waals surface area contributed by atoms with Crippen molar-refractivity contribution in [2.75, 3.05) is 15.6 Å². The van der Waals surface area contributed by atoms with E-state index in [9.17, 15) is 50.8 Å². The van der Waals surface area contributed by atoms with E-state index >= 15 is 0 Å². The van der Waals surface area contributed by atoms with Crippen molar-refractivity contribution < 1.29 is 52.1 Å². The molecule has 0 aliphatic rings. The van der Waals surface area contributed by atoms with Gasteiger partial charge >= 0.3 is 66.3 Å². The van der Waals surface area contributed by atoms with Crippen LogP contribution in [0.1, 0.15) is 99.7 Å². The zero-order chi connectivity index (χ0) is 63.1. The van der Waals surface area contributed by atoms with Crippen molar-refractivity contribution in [3.8, 4) is 23.0 Å². The maximum atomic E-state index is 10.6. The van der Waals surface area contributed by atoms with E-state index in [0.29, 0.717) is 41.4 Å². The van der Waals surface area contributed by atoms with E-state index in [0.717, 1.165) is 78.9 Å². The molecule has 0 saturated heterocycles. The molecule has 0 spiro atoms. The molecule has 16 nitrogen and oxygen atoms in total. The number of nitro groups is 3. The number of halogens is 5. The summed E-state index contributed by atoms with van der Waals surface area (Å²) in [6.07, 6.45) is 2.25. The molecule has 9 N–H and O–H groups in total. The second-order valence-electron chi connectivity index (χ2n) is 18.4. The van der Waals surface area contributed by atoms with Gasteiger partial charge < -0.3 is 36.7 Å². The maximum absolute atomic E-state index is 10.6. The summed E-state index contributed by atoms with van der Waals surface area (Å²) in [4.78, 5) is 33.7. The zero-order valence-corrected chi connectivity index (χ0v) is 60.4. The minimum absolute atomic E-state index is 0. The average molecular weight is 1780 g/mol. The molecule has 0 atom stereocenters. The van der Waals surface area contributed by atoms with Crippen molar-refractivity contribution in [3.63, 3.8) is 0 Å². The molecule has 22 heteroatoms. The summed E-state index contributed by atoms with van der Waals surface area (Å²) in [7, 11) is 0. The third-order valence-corrected chi connectivity index (χ3v) is 11.9. The Labute approximate surface area is 573 Å². The van der Waals surface area contributed by atoms with E-state index < -0.39 is 14.8 Å². The fourth-order valence-corrected chi connectivity index (χ4v) is 7.79. The first-order valence-corrected chi connectivity index (χ1v) is 42.8. The minimum atomic E-state index is -0.471. The van der Waals surface area contributed by atoms with Gasteiger partial charge in [-0.3, -0.25) is 30.3 Å². The molecule has 0 unspecified atom stereocenters. The topological polar surface area (TPSA) is 288 Å². The van der Waals surface area contributed by atoms with Crippen LogP contribution in [-0.4, -0.2) is 55.6 Å². The van der Waals surface area contributed by atoms with Gasteiger partial charge in [0.05, 0.1) is 21.4 Å². The quantitative estimate of drug-likeness (QED) is 0.0245. The fourth-order valence-electron chi connectivity index (χ4n) is 7.79. The van der Waals surface area contributed by atoms with Crippen LogP contribution in [0.3, 0.4) is 0 Å². The number of non-ortho nitro benzene ring substituents is 3. The number of aliphatic hydroxyl groups is 1. The average Bonchev–Trinajstić information content (AvgIpc) is 3.67. The summed E-state index contributed by atoms with van der Waals surface area (Å²) in [5.74, 6) is 1.46. The molecule has 0 radical (unpaired) electrons. The number of phenols is 4. The summed E-state index contributed by atoms with van der Waals surface area (Å²) < 4.78 is 0. The molecule has 468 valence electrons. The molecule has 0 aliphatic heterocycles. The summed E-state index contributed by atoms with van der Waals surface area (Å²) in [6.45, 7) is 15.0. The number of alkyl halides is 2. The second kappa shape index (κ2) is 45.4. The number of aryl methyl sites for hydroxylation is 8. The van der Waals surface area contributed by atoms with Gasteiger partial charge in [-0.25, -0.2) is 0 Å². The van der Waals surface area contributed by atoms with Gasteiger partial charge in [0, 0.05) is 42.1 Å². The van der Waals surface area contributed by atoms with E-state index in [-0.39, 0.29) is 50.3 Å². The summed E-state index contributed by atoms with van der Waals surface area (Å²) in [5, 5.41) is 78.3. The van der Waals surface area contributed by atoms with Gasteiger partial charge in [0.15, 0.2) is 0 Å². The Kier molecular flexibility index (Phi) is 45.0. The molecule has 0 aromatic heterocycles. The Balaban J connectivity index is -0.000000484. The Hall–Kier alpha value is -4.89. The number of nitrogens with zero attached hydrogens (tertiary/aromatic N) is 3. The van der Waals surface area contributed by atoms with Gasteiger partial charge in [0.25, 0.3) is 17.1 Å². The molecule has 0 aliphatic carbocycles. The molecular weight excluding hydrogens is 1700 g/mol. The summed E-state index contributed by atoms with van der Waals surface area (Å²) >= 11 is 11.7. The molecule has 0 heterocycles. The number of phenolic OH excluding ortho intramolecular Hbond substituents is 4. The van der Waals surface area contributed by atoms with Gasteiger partial charge in [0.1, 0.15) is 23.0 Å². The first-order valence-electron chi connectivity index (χ1n) is 25.0. The van der Waals surface area contributed by atoms with E-state index in [4.69, 9.17) is 10.8 Å². The van der Waals surface area contributed by atoms with Crippen LogP contribution in [-0.2, 0) is 30.8 Å². The van der Waals surface area contributed by atoms with Crippen molar-refractivity contribution >= 4 is 128 Å². The van der Waals surface area contributed by atoms with Crippen molar-refractivity contribution in [2.45, 2.75) is 96.1 Å². The van der Waals surface area contributed by atoms with Gasteiger partial charge in [-0.15, -0.1) is 0 Å². The number of nitro benzene ring substituents is 3. The van der Waals surface area contributed by atoms with Crippen LogP contribution < -0.4 is 5.73 Å². The number of aliphatic hydroxyl groups excluding tert-OH is 1. The van der Waals surface area contributed by atoms with E-state index in [1.54, 1.807) is 24.3 Å². The van der Waals surface area contributed by atoms with Gasteiger partial charge in [-0.1, -0.05) is 151 Å². The molecule has 0 saturated carbocycles. The molecule has 0 amide bonds. The number of nitrogens with two attached hydrogens (primary N) is 1. The number of hydrogen-bond acceptors (Lipinski definition) is 12. The number of benzene rings is 8. The molecule has 8 aromatic carbocycles. The Morgan fingerprint density at radius 2 is 0.593 bits per heavy atom. The van der Waals surface area contributed by atoms with Crippen LogP contribution in [0.2, 0.25) is 0 Å². The number of para-hydroxylation sites is 1. The standard InChI is InChI=1S/2C15H15NO3.C15H17NO.C8H10O.C7H7NO3.2CH3I.2CH4.3HI.H2O.V/c2*1-10-7-13(8-11(2)15(10)17)9-12-3-5-14(6-4-12)16(18)19;1-10-7-13(8-11(2)15(10)17)9-12-3-5-14(16)6-4-12;1-6-4-3-5-7(2)8(6)9;9-5-6-1-3-7(4-2-6)8(10)11;2*1-2;;;;;;;/h2*3-8,17H,9H2,1-2H3;3-8,17H,9,16H2,1-2H3;3-5,9H,1-2H3;1-4,9H,5H2;2*1H3;2*1H4;3*1H;1H2;/q;;;;;;;;;;;;;+3/p-2. The molecule has 86 heavy (non-hydrogen) atoms. The zero-order valence-electron chi connectivity index (χ0n) is 49.2. The second-order valence-corrected chi connectivity index (χ2v) is 53.7. The van der Waals surface area contributed by atoms with Crippen LogP contribution in [0, 0.1) is 85.7 Å². The van der Waals surface area contributed by atoms with Crippen LogP contribution in [0.5, 0.6) is 23.0 Å². The molecule has 0 fully saturated rings. The third-order valence-electron chi connectivity index (χ3n) is 11.9. The summed E-state index contributed by atoms with van der Waals surface area (Å²) in [6, 6.07) is 44.3. The molecule has 8 aromatic rings. The number of nitrogen functional groups attached to an aromatic ring is 1. The van der Waals surface area contributed by atoms with Gasteiger partial charge in [-0.2, -0.15) is 0 Å². The molecule has 8 rings (SSSR count). The Morgan fingerprint density at radius 3 is 0.791 bits per heavy atom. The van der Waals surface area contributed by atoms with Crippen molar-refractivity contribution in [3.05, 3.63) is 265 Å². The first-order chi connectivity index (χ1) is 39.2. The fraction of sp³-hybridized carbons (Fsp3) is 0.250. The first kappa shape index (κ1) is 85.3. The van der Waals surface area contributed by atoms with Crippen LogP contribution >= 0.6 is 105 Å². The normalized spacial score (nSPS) is 9.45. The molecular formula is C64H81I5N4O12V+. The van der Waals surface area contributed by atoms with Crippen LogP contribution in [0.15, 0.2) is 152 Å². The van der Waals surface area contributed by atoms with Gasteiger partial charge in [0.2, 0.25) is 0 Å². The Bertz CT molecular complexity index is 3110. The van der Waals surface area contributed by atoms with E-state index in [2.05, 4.69) is 105 Å². The van der Waals surface area contributed by atoms with Crippen molar-refractivity contribution in [1.29, 1.82) is 0 Å². The Morgan fingerprint density at radius 1 is 0.395 bits per heavy atom. The van der Waals surface area contributed by atoms with Crippen molar-refractivity contribution in [2.24, 2.45) is 0 Å². The number of aromatic hydroxyl groups is 4. The molecule has 0 bridgehead atoms. The summed E-state index contributed by atoms with van der Waals surface area (Å²) in [5.41, 5.74) is 21.1. The van der Waals surface area contributed by atoms with E-state index in [1.807, 2.05) is 144 Å². The van der Waals surface area contributed by atoms with Crippen LogP contribution in [0.25, 0.3) is 0 Å².